The van der Waals surface area contributed by atoms with Crippen LogP contribution >= 0.6 is 15.9 Å². The van der Waals surface area contributed by atoms with Crippen LogP contribution in [0.5, 0.6) is 11.6 Å². The van der Waals surface area contributed by atoms with Crippen LogP contribution in [0.15, 0.2) is 35.1 Å². The Balaban J connectivity index is 2.20. The molecule has 1 heterocycles. The van der Waals surface area contributed by atoms with E-state index in [0.717, 1.165) is 10.0 Å². The maximum Gasteiger partial charge on any atom is 0.237 e. The first kappa shape index (κ1) is 11.6. The maximum absolute atomic E-state index is 8.59. The molecular weight excluding hydrogens is 282 g/mol. The van der Waals surface area contributed by atoms with Crippen molar-refractivity contribution in [1.82, 2.24) is 9.97 Å². The zero-order valence-corrected chi connectivity index (χ0v) is 10.6. The Bertz CT molecular complexity index is 575. The molecule has 0 radical (unpaired) electrons. The van der Waals surface area contributed by atoms with E-state index in [1.165, 1.54) is 12.4 Å². The Morgan fingerprint density at radius 2 is 2.12 bits per heavy atom. The monoisotopic (exact) mass is 289 g/mol. The number of halogens is 1. The number of hydrogen-bond acceptors (Lipinski definition) is 4. The molecule has 0 N–H and O–H groups in total. The van der Waals surface area contributed by atoms with Crippen LogP contribution in [0.1, 0.15) is 11.3 Å². The molecule has 2 rings (SSSR count). The molecular formula is C12H8BrN3O. The summed E-state index contributed by atoms with van der Waals surface area (Å²) >= 11 is 3.41. The number of hydrogen-bond donors (Lipinski definition) is 0. The van der Waals surface area contributed by atoms with E-state index >= 15 is 0 Å². The molecule has 0 fully saturated rings. The highest BCUT2D eigenvalue weighted by Crippen LogP contribution is 2.24. The summed E-state index contributed by atoms with van der Waals surface area (Å²) < 4.78 is 6.53. The second kappa shape index (κ2) is 4.93. The number of nitrogens with zero attached hydrogens (tertiary/aromatic N) is 3. The Morgan fingerprint density at radius 1 is 1.29 bits per heavy atom. The zero-order valence-electron chi connectivity index (χ0n) is 9.01. The normalized spacial score (nSPS) is 9.71. The third-order valence-corrected chi connectivity index (χ3v) is 2.98. The van der Waals surface area contributed by atoms with Gasteiger partial charge in [-0.05, 0) is 30.7 Å². The van der Waals surface area contributed by atoms with Crippen molar-refractivity contribution in [3.05, 3.63) is 46.3 Å². The molecule has 0 bridgehead atoms. The summed E-state index contributed by atoms with van der Waals surface area (Å²) in [5.74, 6) is 1.05. The van der Waals surface area contributed by atoms with Crippen molar-refractivity contribution in [2.24, 2.45) is 0 Å². The Kier molecular flexibility index (Phi) is 3.35. The third kappa shape index (κ3) is 2.80. The number of aromatic nitrogens is 2. The fourth-order valence-corrected chi connectivity index (χ4v) is 1.47. The Hall–Kier alpha value is -1.93. The van der Waals surface area contributed by atoms with Gasteiger partial charge in [-0.15, -0.1) is 0 Å². The minimum absolute atomic E-state index is 0.268. The summed E-state index contributed by atoms with van der Waals surface area (Å²) in [5, 5.41) is 8.59. The quantitative estimate of drug-likeness (QED) is 0.852. The molecule has 17 heavy (non-hydrogen) atoms. The number of ether oxygens (including phenoxy) is 1. The van der Waals surface area contributed by atoms with Crippen molar-refractivity contribution < 1.29 is 4.74 Å². The molecule has 0 saturated heterocycles. The summed E-state index contributed by atoms with van der Waals surface area (Å²) in [6, 6.07) is 7.53. The molecule has 2 aromatic rings. The molecule has 1 aromatic heterocycles. The first-order valence-corrected chi connectivity index (χ1v) is 5.64. The van der Waals surface area contributed by atoms with E-state index in [-0.39, 0.29) is 5.69 Å². The Labute approximate surface area is 107 Å². The average molecular weight is 290 g/mol. The smallest absolute Gasteiger partial charge is 0.237 e. The van der Waals surface area contributed by atoms with Crippen LogP contribution in [0.2, 0.25) is 0 Å². The van der Waals surface area contributed by atoms with Gasteiger partial charge in [0.05, 0.1) is 12.4 Å². The maximum atomic E-state index is 8.59. The topological polar surface area (TPSA) is 58.8 Å². The summed E-state index contributed by atoms with van der Waals surface area (Å²) in [4.78, 5) is 7.85. The van der Waals surface area contributed by atoms with Crippen LogP contribution in [0, 0.1) is 18.3 Å². The second-order valence-corrected chi connectivity index (χ2v) is 4.22. The average Bonchev–Trinajstić information content (AvgIpc) is 2.35. The van der Waals surface area contributed by atoms with Crippen molar-refractivity contribution in [2.45, 2.75) is 6.92 Å². The van der Waals surface area contributed by atoms with Gasteiger partial charge in [0.25, 0.3) is 0 Å². The van der Waals surface area contributed by atoms with Gasteiger partial charge in [0.2, 0.25) is 5.88 Å². The molecule has 1 aromatic carbocycles. The summed E-state index contributed by atoms with van der Waals surface area (Å²) in [5.41, 5.74) is 1.34. The molecule has 5 heteroatoms. The van der Waals surface area contributed by atoms with E-state index in [2.05, 4.69) is 25.9 Å². The standard InChI is InChI=1S/C12H8BrN3O/c1-8-4-10(2-3-11(8)13)17-12-7-15-9(5-14)6-16-12/h2-4,6-7H,1H3. The van der Waals surface area contributed by atoms with E-state index < -0.39 is 0 Å². The predicted molar refractivity (Wildman–Crippen MR) is 65.7 cm³/mol. The fraction of sp³-hybridized carbons (Fsp3) is 0.0833. The van der Waals surface area contributed by atoms with Gasteiger partial charge in [0.15, 0.2) is 5.69 Å². The number of rotatable bonds is 2. The van der Waals surface area contributed by atoms with Gasteiger partial charge < -0.3 is 4.74 Å². The minimum Gasteiger partial charge on any atom is -0.437 e. The summed E-state index contributed by atoms with van der Waals surface area (Å²) in [6.45, 7) is 1.97. The number of nitriles is 1. The largest absolute Gasteiger partial charge is 0.437 e. The Morgan fingerprint density at radius 3 is 2.71 bits per heavy atom. The van der Waals surface area contributed by atoms with E-state index in [4.69, 9.17) is 10.00 Å². The van der Waals surface area contributed by atoms with Crippen LogP contribution in [0.4, 0.5) is 0 Å². The highest BCUT2D eigenvalue weighted by molar-refractivity contribution is 9.10. The van der Waals surface area contributed by atoms with Crippen LogP contribution < -0.4 is 4.74 Å². The minimum atomic E-state index is 0.268. The van der Waals surface area contributed by atoms with Gasteiger partial charge in [0, 0.05) is 4.47 Å². The van der Waals surface area contributed by atoms with Crippen molar-refractivity contribution in [1.29, 1.82) is 5.26 Å². The van der Waals surface area contributed by atoms with E-state index in [0.29, 0.717) is 11.6 Å². The van der Waals surface area contributed by atoms with Crippen molar-refractivity contribution in [3.63, 3.8) is 0 Å². The van der Waals surface area contributed by atoms with Crippen molar-refractivity contribution in [3.8, 4) is 17.7 Å². The first-order chi connectivity index (χ1) is 8.19. The van der Waals surface area contributed by atoms with E-state index in [1.54, 1.807) is 0 Å². The molecule has 0 amide bonds. The predicted octanol–water partition coefficient (Wildman–Crippen LogP) is 3.21. The summed E-state index contributed by atoms with van der Waals surface area (Å²) in [7, 11) is 0. The van der Waals surface area contributed by atoms with Gasteiger partial charge in [0.1, 0.15) is 11.8 Å². The van der Waals surface area contributed by atoms with Crippen molar-refractivity contribution in [2.75, 3.05) is 0 Å². The number of benzene rings is 1. The highest BCUT2D eigenvalue weighted by atomic mass is 79.9. The van der Waals surface area contributed by atoms with E-state index in [9.17, 15) is 0 Å². The van der Waals surface area contributed by atoms with Gasteiger partial charge >= 0.3 is 0 Å². The SMILES string of the molecule is Cc1cc(Oc2cnc(C#N)cn2)ccc1Br. The van der Waals surface area contributed by atoms with Crippen LogP contribution in [0.3, 0.4) is 0 Å². The third-order valence-electron chi connectivity index (χ3n) is 2.09. The molecule has 0 aliphatic rings. The lowest BCUT2D eigenvalue weighted by Gasteiger charge is -2.05. The molecule has 0 aliphatic carbocycles. The fourth-order valence-electron chi connectivity index (χ4n) is 1.23. The van der Waals surface area contributed by atoms with Gasteiger partial charge in [-0.25, -0.2) is 9.97 Å². The van der Waals surface area contributed by atoms with Gasteiger partial charge in [-0.3, -0.25) is 0 Å². The second-order valence-electron chi connectivity index (χ2n) is 3.36. The lowest BCUT2D eigenvalue weighted by Crippen LogP contribution is -1.91. The molecule has 0 spiro atoms. The zero-order chi connectivity index (χ0) is 12.3. The van der Waals surface area contributed by atoms with Crippen LogP contribution in [-0.2, 0) is 0 Å². The van der Waals surface area contributed by atoms with Crippen LogP contribution in [-0.4, -0.2) is 9.97 Å². The van der Waals surface area contributed by atoms with Gasteiger partial charge in [-0.1, -0.05) is 15.9 Å². The number of aryl methyl sites for hydroxylation is 1. The molecule has 0 unspecified atom stereocenters. The molecule has 0 atom stereocenters. The van der Waals surface area contributed by atoms with Crippen molar-refractivity contribution >= 4 is 15.9 Å². The molecule has 0 saturated carbocycles. The highest BCUT2D eigenvalue weighted by Gasteiger charge is 2.02. The lowest BCUT2D eigenvalue weighted by atomic mass is 10.2. The molecule has 84 valence electrons. The molecule has 0 aliphatic heterocycles. The molecule has 4 nitrogen and oxygen atoms in total. The summed E-state index contributed by atoms with van der Waals surface area (Å²) in [6.07, 6.45) is 2.80. The lowest BCUT2D eigenvalue weighted by molar-refractivity contribution is 0.459. The first-order valence-electron chi connectivity index (χ1n) is 4.85. The van der Waals surface area contributed by atoms with Crippen LogP contribution in [0.25, 0.3) is 0 Å². The van der Waals surface area contributed by atoms with E-state index in [1.807, 2.05) is 31.2 Å². The van der Waals surface area contributed by atoms with Gasteiger partial charge in [-0.2, -0.15) is 5.26 Å².